The third-order valence-electron chi connectivity index (χ3n) is 3.01. The minimum absolute atomic E-state index is 0.103. The summed E-state index contributed by atoms with van der Waals surface area (Å²) in [7, 11) is 0. The Morgan fingerprint density at radius 3 is 2.67 bits per heavy atom. The summed E-state index contributed by atoms with van der Waals surface area (Å²) in [4.78, 5) is 16.2. The van der Waals surface area contributed by atoms with Crippen molar-refractivity contribution in [2.24, 2.45) is 0 Å². The summed E-state index contributed by atoms with van der Waals surface area (Å²) in [6.07, 6.45) is 1.65. The lowest BCUT2D eigenvalue weighted by molar-refractivity contribution is 0.102. The molecule has 2 aromatic rings. The zero-order chi connectivity index (χ0) is 13.1. The highest BCUT2D eigenvalue weighted by molar-refractivity contribution is 6.04. The summed E-state index contributed by atoms with van der Waals surface area (Å²) in [5.74, 6) is -0.103. The fourth-order valence-electron chi connectivity index (χ4n) is 1.77. The first-order chi connectivity index (χ1) is 8.58. The molecule has 0 unspecified atom stereocenters. The van der Waals surface area contributed by atoms with Crippen molar-refractivity contribution in [1.29, 1.82) is 0 Å². The molecule has 0 aliphatic rings. The molecule has 1 amide bonds. The Labute approximate surface area is 107 Å². The molecule has 0 aliphatic carbocycles. The normalized spacial score (nSPS) is 10.2. The average Bonchev–Trinajstić information content (AvgIpc) is 2.35. The van der Waals surface area contributed by atoms with Gasteiger partial charge in [-0.05, 0) is 50.1 Å². The van der Waals surface area contributed by atoms with Crippen LogP contribution in [0.1, 0.15) is 27.2 Å². The molecule has 0 fully saturated rings. The van der Waals surface area contributed by atoms with Crippen molar-refractivity contribution in [2.75, 3.05) is 5.32 Å². The van der Waals surface area contributed by atoms with Crippen LogP contribution >= 0.6 is 0 Å². The third-order valence-corrected chi connectivity index (χ3v) is 3.01. The van der Waals surface area contributed by atoms with Gasteiger partial charge in [-0.3, -0.25) is 9.78 Å². The Kier molecular flexibility index (Phi) is 3.42. The van der Waals surface area contributed by atoms with E-state index < -0.39 is 0 Å². The van der Waals surface area contributed by atoms with Gasteiger partial charge in [0.2, 0.25) is 0 Å². The smallest absolute Gasteiger partial charge is 0.255 e. The van der Waals surface area contributed by atoms with E-state index in [1.165, 1.54) is 5.56 Å². The Bertz CT molecular complexity index is 591. The molecule has 3 nitrogen and oxygen atoms in total. The molecule has 2 rings (SSSR count). The van der Waals surface area contributed by atoms with Crippen LogP contribution in [-0.2, 0) is 0 Å². The van der Waals surface area contributed by atoms with Crippen molar-refractivity contribution in [2.45, 2.75) is 20.8 Å². The average molecular weight is 240 g/mol. The van der Waals surface area contributed by atoms with Crippen LogP contribution in [0.5, 0.6) is 0 Å². The number of rotatable bonds is 2. The number of pyridine rings is 1. The molecular formula is C15H16N2O. The largest absolute Gasteiger partial charge is 0.322 e. The maximum Gasteiger partial charge on any atom is 0.255 e. The summed E-state index contributed by atoms with van der Waals surface area (Å²) in [6.45, 7) is 5.90. The van der Waals surface area contributed by atoms with Crippen LogP contribution in [-0.4, -0.2) is 10.9 Å². The van der Waals surface area contributed by atoms with Gasteiger partial charge in [0.1, 0.15) is 0 Å². The van der Waals surface area contributed by atoms with E-state index in [1.807, 2.05) is 39.0 Å². The molecule has 18 heavy (non-hydrogen) atoms. The first-order valence-electron chi connectivity index (χ1n) is 5.88. The van der Waals surface area contributed by atoms with Crippen LogP contribution < -0.4 is 5.32 Å². The molecular weight excluding hydrogens is 224 g/mol. The lowest BCUT2D eigenvalue weighted by Gasteiger charge is -2.10. The van der Waals surface area contributed by atoms with Crippen LogP contribution in [0.4, 0.5) is 5.69 Å². The van der Waals surface area contributed by atoms with E-state index >= 15 is 0 Å². The number of anilines is 1. The van der Waals surface area contributed by atoms with E-state index in [0.29, 0.717) is 5.56 Å². The standard InChI is InChI=1S/C15H16N2O/c1-10-5-4-6-14(12(10)3)17-15(18)13-7-8-16-11(2)9-13/h4-9H,1-3H3,(H,17,18). The zero-order valence-corrected chi connectivity index (χ0v) is 10.8. The number of benzene rings is 1. The Morgan fingerprint density at radius 2 is 1.94 bits per heavy atom. The van der Waals surface area contributed by atoms with Crippen molar-refractivity contribution in [3.8, 4) is 0 Å². The minimum atomic E-state index is -0.103. The van der Waals surface area contributed by atoms with E-state index in [2.05, 4.69) is 10.3 Å². The maximum atomic E-state index is 12.1. The molecule has 92 valence electrons. The van der Waals surface area contributed by atoms with Crippen molar-refractivity contribution in [1.82, 2.24) is 4.98 Å². The van der Waals surface area contributed by atoms with E-state index in [1.54, 1.807) is 18.3 Å². The van der Waals surface area contributed by atoms with Crippen LogP contribution in [0.3, 0.4) is 0 Å². The molecule has 0 aliphatic heterocycles. The van der Waals surface area contributed by atoms with Crippen LogP contribution in [0.25, 0.3) is 0 Å². The van der Waals surface area contributed by atoms with E-state index in [0.717, 1.165) is 16.9 Å². The number of amides is 1. The van der Waals surface area contributed by atoms with E-state index in [9.17, 15) is 4.79 Å². The van der Waals surface area contributed by atoms with Gasteiger partial charge >= 0.3 is 0 Å². The molecule has 0 bridgehead atoms. The highest BCUT2D eigenvalue weighted by Crippen LogP contribution is 2.18. The number of nitrogens with one attached hydrogen (secondary N) is 1. The summed E-state index contributed by atoms with van der Waals surface area (Å²) in [6, 6.07) is 9.37. The summed E-state index contributed by atoms with van der Waals surface area (Å²) >= 11 is 0. The van der Waals surface area contributed by atoms with Crippen molar-refractivity contribution in [3.63, 3.8) is 0 Å². The van der Waals surface area contributed by atoms with Gasteiger partial charge in [0.25, 0.3) is 5.91 Å². The minimum Gasteiger partial charge on any atom is -0.322 e. The van der Waals surface area contributed by atoms with E-state index in [4.69, 9.17) is 0 Å². The lowest BCUT2D eigenvalue weighted by atomic mass is 10.1. The highest BCUT2D eigenvalue weighted by atomic mass is 16.1. The predicted molar refractivity (Wildman–Crippen MR) is 72.8 cm³/mol. The van der Waals surface area contributed by atoms with Gasteiger partial charge in [-0.2, -0.15) is 0 Å². The fourth-order valence-corrected chi connectivity index (χ4v) is 1.77. The zero-order valence-electron chi connectivity index (χ0n) is 10.8. The van der Waals surface area contributed by atoms with Gasteiger partial charge in [0.05, 0.1) is 0 Å². The summed E-state index contributed by atoms with van der Waals surface area (Å²) in [5, 5.41) is 2.93. The van der Waals surface area contributed by atoms with Crippen LogP contribution in [0, 0.1) is 20.8 Å². The number of aromatic nitrogens is 1. The molecule has 0 radical (unpaired) electrons. The summed E-state index contributed by atoms with van der Waals surface area (Å²) in [5.41, 5.74) is 4.58. The Balaban J connectivity index is 2.24. The van der Waals surface area contributed by atoms with Gasteiger partial charge in [0, 0.05) is 23.1 Å². The topological polar surface area (TPSA) is 42.0 Å². The number of carbonyl (C=O) groups excluding carboxylic acids is 1. The molecule has 0 atom stereocenters. The number of hydrogen-bond donors (Lipinski definition) is 1. The Hall–Kier alpha value is -2.16. The quantitative estimate of drug-likeness (QED) is 0.875. The molecule has 0 saturated carbocycles. The second-order valence-electron chi connectivity index (χ2n) is 4.39. The van der Waals surface area contributed by atoms with Gasteiger partial charge in [-0.15, -0.1) is 0 Å². The molecule has 0 spiro atoms. The third kappa shape index (κ3) is 2.56. The molecule has 1 N–H and O–H groups in total. The van der Waals surface area contributed by atoms with Crippen LogP contribution in [0.2, 0.25) is 0 Å². The van der Waals surface area contributed by atoms with Crippen LogP contribution in [0.15, 0.2) is 36.5 Å². The second-order valence-corrected chi connectivity index (χ2v) is 4.39. The lowest BCUT2D eigenvalue weighted by Crippen LogP contribution is -2.13. The predicted octanol–water partition coefficient (Wildman–Crippen LogP) is 3.26. The monoisotopic (exact) mass is 240 g/mol. The maximum absolute atomic E-state index is 12.1. The van der Waals surface area contributed by atoms with Crippen molar-refractivity contribution >= 4 is 11.6 Å². The van der Waals surface area contributed by atoms with Gasteiger partial charge < -0.3 is 5.32 Å². The summed E-state index contributed by atoms with van der Waals surface area (Å²) < 4.78 is 0. The highest BCUT2D eigenvalue weighted by Gasteiger charge is 2.08. The number of aryl methyl sites for hydroxylation is 2. The van der Waals surface area contributed by atoms with Crippen molar-refractivity contribution in [3.05, 3.63) is 58.9 Å². The fraction of sp³-hybridized carbons (Fsp3) is 0.200. The second kappa shape index (κ2) is 5.00. The van der Waals surface area contributed by atoms with E-state index in [-0.39, 0.29) is 5.91 Å². The van der Waals surface area contributed by atoms with Gasteiger partial charge in [0.15, 0.2) is 0 Å². The molecule has 1 aromatic heterocycles. The molecule has 1 heterocycles. The van der Waals surface area contributed by atoms with Gasteiger partial charge in [-0.25, -0.2) is 0 Å². The molecule has 0 saturated heterocycles. The van der Waals surface area contributed by atoms with Crippen molar-refractivity contribution < 1.29 is 4.79 Å². The number of hydrogen-bond acceptors (Lipinski definition) is 2. The SMILES string of the molecule is Cc1cc(C(=O)Nc2cccc(C)c2C)ccn1. The first kappa shape index (κ1) is 12.3. The molecule has 3 heteroatoms. The number of nitrogens with zero attached hydrogens (tertiary/aromatic N) is 1. The first-order valence-corrected chi connectivity index (χ1v) is 5.88. The van der Waals surface area contributed by atoms with Gasteiger partial charge in [-0.1, -0.05) is 12.1 Å². The Morgan fingerprint density at radius 1 is 1.17 bits per heavy atom. The molecule has 1 aromatic carbocycles. The number of carbonyl (C=O) groups is 1.